The van der Waals surface area contributed by atoms with Crippen LogP contribution in [0.1, 0.15) is 43.5 Å². The Morgan fingerprint density at radius 3 is 2.69 bits per heavy atom. The molecule has 2 heterocycles. The van der Waals surface area contributed by atoms with E-state index < -0.39 is 5.97 Å². The van der Waals surface area contributed by atoms with E-state index in [0.29, 0.717) is 19.1 Å². The minimum Gasteiger partial charge on any atom is -0.493 e. The summed E-state index contributed by atoms with van der Waals surface area (Å²) in [5.41, 5.74) is 4.98. The topological polar surface area (TPSA) is 86.7 Å². The highest BCUT2D eigenvalue weighted by molar-refractivity contribution is 5.86. The van der Waals surface area contributed by atoms with E-state index >= 15 is 0 Å². The van der Waals surface area contributed by atoms with Gasteiger partial charge in [0.25, 0.3) is 0 Å². The molecule has 0 unspecified atom stereocenters. The largest absolute Gasteiger partial charge is 0.493 e. The van der Waals surface area contributed by atoms with Gasteiger partial charge in [-0.2, -0.15) is 0 Å². The first-order valence-corrected chi connectivity index (χ1v) is 12.1. The van der Waals surface area contributed by atoms with Crippen molar-refractivity contribution in [3.63, 3.8) is 0 Å². The van der Waals surface area contributed by atoms with E-state index in [1.807, 2.05) is 43.5 Å². The molecule has 2 aromatic carbocycles. The molecular formula is C28H32N2O5. The van der Waals surface area contributed by atoms with Crippen molar-refractivity contribution in [3.8, 4) is 23.0 Å². The van der Waals surface area contributed by atoms with E-state index in [2.05, 4.69) is 24.9 Å². The molecular weight excluding hydrogens is 444 g/mol. The summed E-state index contributed by atoms with van der Waals surface area (Å²) < 4.78 is 19.4. The highest BCUT2D eigenvalue weighted by Gasteiger charge is 2.12. The van der Waals surface area contributed by atoms with Gasteiger partial charge >= 0.3 is 5.97 Å². The van der Waals surface area contributed by atoms with Crippen LogP contribution in [0.5, 0.6) is 11.5 Å². The smallest absolute Gasteiger partial charge is 0.323 e. The molecule has 0 saturated carbocycles. The maximum atomic E-state index is 11.1. The molecule has 0 aliphatic carbocycles. The Hall–Kier alpha value is -3.74. The summed E-state index contributed by atoms with van der Waals surface area (Å²) in [6.07, 6.45) is 7.10. The Kier molecular flexibility index (Phi) is 7.75. The van der Waals surface area contributed by atoms with Crippen molar-refractivity contribution >= 4 is 16.9 Å². The molecule has 7 heteroatoms. The fourth-order valence-electron chi connectivity index (χ4n) is 4.17. The first-order valence-electron chi connectivity index (χ1n) is 12.1. The number of carbonyl (C=O) groups is 1. The maximum absolute atomic E-state index is 11.1. The Morgan fingerprint density at radius 1 is 1.11 bits per heavy atom. The lowest BCUT2D eigenvalue weighted by Gasteiger charge is -2.13. The number of hydrogen-bond donors (Lipinski definition) is 1. The first kappa shape index (κ1) is 24.4. The molecule has 0 radical (unpaired) electrons. The Bertz CT molecular complexity index is 1300. The van der Waals surface area contributed by atoms with E-state index in [0.717, 1.165) is 70.5 Å². The van der Waals surface area contributed by atoms with Gasteiger partial charge in [-0.15, -0.1) is 0 Å². The van der Waals surface area contributed by atoms with Gasteiger partial charge in [0.1, 0.15) is 24.3 Å². The highest BCUT2D eigenvalue weighted by Crippen LogP contribution is 2.28. The third-order valence-electron chi connectivity index (χ3n) is 5.91. The number of carboxylic acid groups (broad SMARTS) is 1. The summed E-state index contributed by atoms with van der Waals surface area (Å²) in [6.45, 7) is 7.20. The van der Waals surface area contributed by atoms with Crippen LogP contribution < -0.4 is 9.47 Å². The first-order chi connectivity index (χ1) is 17.0. The fraction of sp³-hybridized carbons (Fsp3) is 0.357. The van der Waals surface area contributed by atoms with Gasteiger partial charge in [0, 0.05) is 29.1 Å². The number of carboxylic acids is 1. The van der Waals surface area contributed by atoms with E-state index in [1.165, 1.54) is 0 Å². The lowest BCUT2D eigenvalue weighted by Crippen LogP contribution is -2.07. The summed E-state index contributed by atoms with van der Waals surface area (Å²) >= 11 is 0. The zero-order chi connectivity index (χ0) is 24.8. The number of nitrogens with zero attached hydrogens (tertiary/aromatic N) is 2. The third-order valence-corrected chi connectivity index (χ3v) is 5.91. The van der Waals surface area contributed by atoms with Gasteiger partial charge in [0.2, 0.25) is 5.89 Å². The number of oxazole rings is 1. The molecule has 0 amide bonds. The molecule has 35 heavy (non-hydrogen) atoms. The van der Waals surface area contributed by atoms with Crippen LogP contribution in [-0.4, -0.2) is 33.8 Å². The van der Waals surface area contributed by atoms with Crippen molar-refractivity contribution in [2.45, 2.75) is 53.0 Å². The predicted octanol–water partition coefficient (Wildman–Crippen LogP) is 6.05. The second kappa shape index (κ2) is 11.1. The summed E-state index contributed by atoms with van der Waals surface area (Å²) in [5.74, 6) is 1.43. The van der Waals surface area contributed by atoms with Crippen LogP contribution in [0.4, 0.5) is 0 Å². The SMILES string of the molecule is CCCc1cc(-c2nc(CC)co2)ccc1OCCCOc1ccc2c(c1)c(C)cn2CC(=O)O. The molecule has 0 aliphatic rings. The summed E-state index contributed by atoms with van der Waals surface area (Å²) in [6, 6.07) is 11.8. The normalized spacial score (nSPS) is 11.2. The zero-order valence-corrected chi connectivity index (χ0v) is 20.5. The average Bonchev–Trinajstić information content (AvgIpc) is 3.44. The number of rotatable bonds is 12. The van der Waals surface area contributed by atoms with Crippen molar-refractivity contribution < 1.29 is 23.8 Å². The van der Waals surface area contributed by atoms with Gasteiger partial charge in [0.15, 0.2) is 0 Å². The van der Waals surface area contributed by atoms with Crippen molar-refractivity contribution in [2.75, 3.05) is 13.2 Å². The second-order valence-electron chi connectivity index (χ2n) is 8.63. The Balaban J connectivity index is 1.33. The number of ether oxygens (including phenoxy) is 2. The number of benzene rings is 2. The van der Waals surface area contributed by atoms with E-state index in [-0.39, 0.29) is 6.54 Å². The lowest BCUT2D eigenvalue weighted by atomic mass is 10.1. The summed E-state index contributed by atoms with van der Waals surface area (Å²) in [5, 5.41) is 10.1. The van der Waals surface area contributed by atoms with E-state index in [1.54, 1.807) is 10.8 Å². The van der Waals surface area contributed by atoms with Crippen LogP contribution in [0.15, 0.2) is 53.3 Å². The summed E-state index contributed by atoms with van der Waals surface area (Å²) in [4.78, 5) is 15.6. The highest BCUT2D eigenvalue weighted by atomic mass is 16.5. The molecule has 0 saturated heterocycles. The van der Waals surface area contributed by atoms with Crippen molar-refractivity contribution in [3.05, 3.63) is 65.7 Å². The zero-order valence-electron chi connectivity index (χ0n) is 20.5. The molecule has 1 N–H and O–H groups in total. The van der Waals surface area contributed by atoms with Gasteiger partial charge in [0.05, 0.1) is 18.9 Å². The van der Waals surface area contributed by atoms with Crippen molar-refractivity contribution in [1.29, 1.82) is 0 Å². The molecule has 2 aromatic heterocycles. The van der Waals surface area contributed by atoms with Crippen LogP contribution in [0.2, 0.25) is 0 Å². The molecule has 7 nitrogen and oxygen atoms in total. The van der Waals surface area contributed by atoms with Crippen LogP contribution in [0.3, 0.4) is 0 Å². The Labute approximate surface area is 205 Å². The van der Waals surface area contributed by atoms with Crippen molar-refractivity contribution in [2.24, 2.45) is 0 Å². The molecule has 0 aliphatic heterocycles. The number of aliphatic carboxylic acids is 1. The number of hydrogen-bond acceptors (Lipinski definition) is 5. The van der Waals surface area contributed by atoms with Gasteiger partial charge in [-0.25, -0.2) is 4.98 Å². The van der Waals surface area contributed by atoms with Crippen LogP contribution >= 0.6 is 0 Å². The van der Waals surface area contributed by atoms with Gasteiger partial charge in [-0.1, -0.05) is 20.3 Å². The molecule has 4 rings (SSSR count). The molecule has 0 spiro atoms. The molecule has 0 fully saturated rings. The third kappa shape index (κ3) is 5.85. The standard InChI is InChI=1S/C28H32N2O5/c1-4-7-20-14-21(28-29-22(5-2)18-35-28)8-11-26(20)34-13-6-12-33-23-9-10-25-24(15-23)19(3)16-30(25)17-27(31)32/h8-11,14-16,18H,4-7,12-13,17H2,1-3H3,(H,31,32). The van der Waals surface area contributed by atoms with Gasteiger partial charge in [-0.3, -0.25) is 4.79 Å². The monoisotopic (exact) mass is 476 g/mol. The molecule has 4 aromatic rings. The van der Waals surface area contributed by atoms with Crippen LogP contribution in [-0.2, 0) is 24.2 Å². The quantitative estimate of drug-likeness (QED) is 0.250. The second-order valence-corrected chi connectivity index (χ2v) is 8.63. The van der Waals surface area contributed by atoms with Crippen LogP contribution in [0.25, 0.3) is 22.4 Å². The maximum Gasteiger partial charge on any atom is 0.323 e. The number of aromatic nitrogens is 2. The van der Waals surface area contributed by atoms with Crippen LogP contribution in [0, 0.1) is 6.92 Å². The predicted molar refractivity (Wildman–Crippen MR) is 135 cm³/mol. The number of fused-ring (bicyclic) bond motifs is 1. The minimum atomic E-state index is -0.859. The lowest BCUT2D eigenvalue weighted by molar-refractivity contribution is -0.137. The average molecular weight is 477 g/mol. The van der Waals surface area contributed by atoms with E-state index in [9.17, 15) is 4.79 Å². The van der Waals surface area contributed by atoms with Crippen molar-refractivity contribution in [1.82, 2.24) is 9.55 Å². The number of aryl methyl sites for hydroxylation is 3. The summed E-state index contributed by atoms with van der Waals surface area (Å²) in [7, 11) is 0. The fourth-order valence-corrected chi connectivity index (χ4v) is 4.17. The minimum absolute atomic E-state index is 0.0549. The molecule has 0 atom stereocenters. The van der Waals surface area contributed by atoms with Gasteiger partial charge < -0.3 is 23.6 Å². The molecule has 0 bridgehead atoms. The van der Waals surface area contributed by atoms with Gasteiger partial charge in [-0.05, 0) is 67.3 Å². The van der Waals surface area contributed by atoms with E-state index in [4.69, 9.17) is 19.0 Å². The molecule has 184 valence electrons. The Morgan fingerprint density at radius 2 is 1.94 bits per heavy atom.